The van der Waals surface area contributed by atoms with E-state index in [1.54, 1.807) is 30.3 Å². The second-order valence-electron chi connectivity index (χ2n) is 7.47. The summed E-state index contributed by atoms with van der Waals surface area (Å²) in [7, 11) is 0. The lowest BCUT2D eigenvalue weighted by Crippen LogP contribution is -2.29. The van der Waals surface area contributed by atoms with Crippen LogP contribution in [0.4, 0.5) is 17.1 Å². The predicted molar refractivity (Wildman–Crippen MR) is 123 cm³/mol. The van der Waals surface area contributed by atoms with Gasteiger partial charge in [0.1, 0.15) is 0 Å². The molecule has 0 saturated carbocycles. The molecule has 166 valence electrons. The van der Waals surface area contributed by atoms with E-state index >= 15 is 0 Å². The zero-order valence-electron chi connectivity index (χ0n) is 17.8. The molecule has 1 heterocycles. The van der Waals surface area contributed by atoms with Crippen LogP contribution < -0.4 is 16.0 Å². The fraction of sp³-hybridized carbons (Fsp3) is 0.120. The number of hydrogen-bond donors (Lipinski definition) is 2. The molecule has 1 aliphatic heterocycles. The summed E-state index contributed by atoms with van der Waals surface area (Å²) in [6.45, 7) is 2.21. The van der Waals surface area contributed by atoms with Crippen molar-refractivity contribution in [3.63, 3.8) is 0 Å². The Morgan fingerprint density at radius 1 is 0.909 bits per heavy atom. The van der Waals surface area contributed by atoms with Crippen molar-refractivity contribution in [2.75, 3.05) is 22.6 Å². The fourth-order valence-electron chi connectivity index (χ4n) is 3.46. The number of carbonyl (C=O) groups excluding carboxylic acids is 4. The van der Waals surface area contributed by atoms with E-state index in [1.807, 2.05) is 6.92 Å². The van der Waals surface area contributed by atoms with Gasteiger partial charge in [-0.3, -0.25) is 14.4 Å². The van der Waals surface area contributed by atoms with Gasteiger partial charge in [-0.25, -0.2) is 9.69 Å². The monoisotopic (exact) mass is 443 g/mol. The van der Waals surface area contributed by atoms with E-state index < -0.39 is 17.8 Å². The van der Waals surface area contributed by atoms with Crippen LogP contribution in [0.3, 0.4) is 0 Å². The van der Waals surface area contributed by atoms with Gasteiger partial charge in [0.2, 0.25) is 0 Å². The average Bonchev–Trinajstić information content (AvgIpc) is 3.07. The van der Waals surface area contributed by atoms with Gasteiger partial charge in [-0.05, 0) is 67.1 Å². The third-order valence-corrected chi connectivity index (χ3v) is 5.09. The molecular weight excluding hydrogens is 422 g/mol. The van der Waals surface area contributed by atoms with Crippen molar-refractivity contribution in [1.29, 1.82) is 0 Å². The predicted octanol–water partition coefficient (Wildman–Crippen LogP) is 3.89. The highest BCUT2D eigenvalue weighted by atomic mass is 16.5. The lowest BCUT2D eigenvalue weighted by Gasteiger charge is -2.14. The number of imide groups is 1. The molecule has 0 saturated heterocycles. The van der Waals surface area contributed by atoms with Crippen LogP contribution in [0.5, 0.6) is 0 Å². The summed E-state index contributed by atoms with van der Waals surface area (Å²) in [5, 5.41) is 2.71. The van der Waals surface area contributed by atoms with Crippen molar-refractivity contribution >= 4 is 40.8 Å². The van der Waals surface area contributed by atoms with Gasteiger partial charge in [-0.15, -0.1) is 0 Å². The molecular formula is C25H21N3O5. The number of nitrogens with one attached hydrogen (secondary N) is 1. The Bertz CT molecular complexity index is 1270. The number of amides is 3. The number of benzene rings is 3. The largest absolute Gasteiger partial charge is 0.462 e. The lowest BCUT2D eigenvalue weighted by atomic mass is 10.1. The third-order valence-electron chi connectivity index (χ3n) is 5.09. The molecule has 3 aromatic rings. The number of fused-ring (bicyclic) bond motifs is 1. The average molecular weight is 443 g/mol. The first-order chi connectivity index (χ1) is 15.9. The number of ether oxygens (including phenoxy) is 1. The molecule has 3 amide bonds. The zero-order valence-corrected chi connectivity index (χ0v) is 17.8. The van der Waals surface area contributed by atoms with E-state index in [0.29, 0.717) is 41.2 Å². The highest BCUT2D eigenvalue weighted by molar-refractivity contribution is 6.34. The van der Waals surface area contributed by atoms with Crippen LogP contribution in [-0.4, -0.2) is 30.3 Å². The molecule has 0 aromatic heterocycles. The van der Waals surface area contributed by atoms with Gasteiger partial charge < -0.3 is 15.8 Å². The summed E-state index contributed by atoms with van der Waals surface area (Å²) < 4.78 is 5.09. The van der Waals surface area contributed by atoms with Crippen LogP contribution in [0.2, 0.25) is 0 Å². The van der Waals surface area contributed by atoms with Crippen LogP contribution in [0.15, 0.2) is 66.7 Å². The first-order valence-electron chi connectivity index (χ1n) is 10.4. The smallest absolute Gasteiger partial charge is 0.338 e. The summed E-state index contributed by atoms with van der Waals surface area (Å²) in [5.41, 5.74) is 7.99. The molecule has 8 heteroatoms. The van der Waals surface area contributed by atoms with Crippen molar-refractivity contribution in [1.82, 2.24) is 0 Å². The molecule has 0 atom stereocenters. The summed E-state index contributed by atoms with van der Waals surface area (Å²) in [4.78, 5) is 51.4. The minimum atomic E-state index is -0.517. The van der Waals surface area contributed by atoms with Crippen LogP contribution in [-0.2, 0) is 4.74 Å². The van der Waals surface area contributed by atoms with Gasteiger partial charge >= 0.3 is 5.97 Å². The van der Waals surface area contributed by atoms with E-state index in [4.69, 9.17) is 10.5 Å². The summed E-state index contributed by atoms with van der Waals surface area (Å²) >= 11 is 0. The second kappa shape index (κ2) is 8.96. The Morgan fingerprint density at radius 3 is 2.33 bits per heavy atom. The maximum absolute atomic E-state index is 13.0. The minimum absolute atomic E-state index is 0.178. The van der Waals surface area contributed by atoms with Gasteiger partial charge in [0.05, 0.1) is 29.0 Å². The van der Waals surface area contributed by atoms with Crippen LogP contribution in [0, 0.1) is 0 Å². The Morgan fingerprint density at radius 2 is 1.64 bits per heavy atom. The molecule has 0 aliphatic carbocycles. The zero-order chi connectivity index (χ0) is 23.5. The molecule has 3 N–H and O–H groups in total. The summed E-state index contributed by atoms with van der Waals surface area (Å²) in [6, 6.07) is 17.1. The van der Waals surface area contributed by atoms with Crippen molar-refractivity contribution in [3.05, 3.63) is 89.0 Å². The number of carbonyl (C=O) groups is 4. The van der Waals surface area contributed by atoms with E-state index in [-0.39, 0.29) is 17.0 Å². The van der Waals surface area contributed by atoms with Gasteiger partial charge in [0.15, 0.2) is 0 Å². The van der Waals surface area contributed by atoms with Crippen LogP contribution in [0.1, 0.15) is 54.8 Å². The van der Waals surface area contributed by atoms with Gasteiger partial charge in [0.25, 0.3) is 17.7 Å². The molecule has 1 aliphatic rings. The number of nitrogen functional groups attached to an aromatic ring is 1. The van der Waals surface area contributed by atoms with E-state index in [1.165, 1.54) is 36.4 Å². The van der Waals surface area contributed by atoms with E-state index in [2.05, 4.69) is 5.32 Å². The second-order valence-corrected chi connectivity index (χ2v) is 7.47. The van der Waals surface area contributed by atoms with Gasteiger partial charge in [-0.2, -0.15) is 0 Å². The van der Waals surface area contributed by atoms with Crippen molar-refractivity contribution in [2.24, 2.45) is 0 Å². The number of anilines is 3. The number of esters is 1. The molecule has 0 unspecified atom stereocenters. The number of nitrogens with two attached hydrogens (primary N) is 1. The number of hydrogen-bond acceptors (Lipinski definition) is 6. The van der Waals surface area contributed by atoms with Crippen LogP contribution >= 0.6 is 0 Å². The number of rotatable bonds is 6. The quantitative estimate of drug-likeness (QED) is 0.339. The molecule has 33 heavy (non-hydrogen) atoms. The maximum Gasteiger partial charge on any atom is 0.338 e. The van der Waals surface area contributed by atoms with Crippen molar-refractivity contribution in [2.45, 2.75) is 13.3 Å². The SMILES string of the molecule is CCCOC(=O)c1ccc(N2C(=O)c3ccc(NC(=O)c4cccc(N)c4)cc3C2=O)cc1. The first kappa shape index (κ1) is 21.8. The minimum Gasteiger partial charge on any atom is -0.462 e. The molecule has 0 fully saturated rings. The van der Waals surface area contributed by atoms with E-state index in [9.17, 15) is 19.2 Å². The number of nitrogens with zero attached hydrogens (tertiary/aromatic N) is 1. The highest BCUT2D eigenvalue weighted by Gasteiger charge is 2.37. The maximum atomic E-state index is 13.0. The van der Waals surface area contributed by atoms with Crippen LogP contribution in [0.25, 0.3) is 0 Å². The Labute approximate surface area is 190 Å². The highest BCUT2D eigenvalue weighted by Crippen LogP contribution is 2.30. The standard InChI is InChI=1S/C25H21N3O5/c1-2-12-33-25(32)15-6-9-19(10-7-15)28-23(30)20-11-8-18(14-21(20)24(28)31)27-22(29)16-4-3-5-17(26)13-16/h3-11,13-14H,2,12,26H2,1H3,(H,27,29). The molecule has 0 spiro atoms. The summed E-state index contributed by atoms with van der Waals surface area (Å²) in [6.07, 6.45) is 0.709. The third kappa shape index (κ3) is 4.31. The van der Waals surface area contributed by atoms with Gasteiger partial charge in [-0.1, -0.05) is 13.0 Å². The molecule has 0 radical (unpaired) electrons. The first-order valence-corrected chi connectivity index (χ1v) is 10.4. The Kier molecular flexibility index (Phi) is 5.91. The molecule has 0 bridgehead atoms. The normalized spacial score (nSPS) is 12.5. The van der Waals surface area contributed by atoms with Gasteiger partial charge in [0, 0.05) is 16.9 Å². The van der Waals surface area contributed by atoms with E-state index in [0.717, 1.165) is 4.90 Å². The molecule has 3 aromatic carbocycles. The Hall–Kier alpha value is -4.46. The fourth-order valence-corrected chi connectivity index (χ4v) is 3.46. The molecule has 8 nitrogen and oxygen atoms in total. The summed E-state index contributed by atoms with van der Waals surface area (Å²) in [5.74, 6) is -1.85. The topological polar surface area (TPSA) is 119 Å². The lowest BCUT2D eigenvalue weighted by molar-refractivity contribution is 0.0505. The molecule has 4 rings (SSSR count). The van der Waals surface area contributed by atoms with Crippen molar-refractivity contribution in [3.8, 4) is 0 Å². The van der Waals surface area contributed by atoms with Crippen molar-refractivity contribution < 1.29 is 23.9 Å². The Balaban J connectivity index is 1.54.